The third-order valence-electron chi connectivity index (χ3n) is 3.77. The Morgan fingerprint density at radius 3 is 2.48 bits per heavy atom. The standard InChI is InChI=1S/C20H19N5/c1-14(17-8-4-3-5-9-17)22-19-12-20(24-15(2)23-19)25-18-10-6-7-16(11-18)13-21/h3-12,14H,1-2H3,(H2,22,23,24,25). The Morgan fingerprint density at radius 2 is 1.72 bits per heavy atom. The molecule has 1 unspecified atom stereocenters. The zero-order valence-electron chi connectivity index (χ0n) is 14.2. The molecule has 1 aromatic heterocycles. The number of anilines is 3. The Balaban J connectivity index is 1.79. The Hall–Kier alpha value is -3.39. The fourth-order valence-corrected chi connectivity index (χ4v) is 2.57. The summed E-state index contributed by atoms with van der Waals surface area (Å²) in [5, 5.41) is 15.6. The van der Waals surface area contributed by atoms with Crippen molar-refractivity contribution >= 4 is 17.3 Å². The molecule has 3 rings (SSSR count). The number of hydrogen-bond donors (Lipinski definition) is 2. The molecular formula is C20H19N5. The molecular weight excluding hydrogens is 310 g/mol. The van der Waals surface area contributed by atoms with Crippen LogP contribution in [-0.2, 0) is 0 Å². The molecule has 0 saturated carbocycles. The van der Waals surface area contributed by atoms with Gasteiger partial charge in [0.2, 0.25) is 0 Å². The minimum absolute atomic E-state index is 0.130. The Bertz CT molecular complexity index is 899. The first-order valence-electron chi connectivity index (χ1n) is 8.08. The minimum atomic E-state index is 0.130. The molecule has 0 radical (unpaired) electrons. The van der Waals surface area contributed by atoms with Gasteiger partial charge < -0.3 is 10.6 Å². The van der Waals surface area contributed by atoms with Crippen LogP contribution in [0.2, 0.25) is 0 Å². The molecule has 5 nitrogen and oxygen atoms in total. The highest BCUT2D eigenvalue weighted by atomic mass is 15.1. The number of rotatable bonds is 5. The van der Waals surface area contributed by atoms with Gasteiger partial charge in [-0.15, -0.1) is 0 Å². The SMILES string of the molecule is Cc1nc(Nc2cccc(C#N)c2)cc(NC(C)c2ccccc2)n1. The quantitative estimate of drug-likeness (QED) is 0.717. The summed E-state index contributed by atoms with van der Waals surface area (Å²) in [5.41, 5.74) is 2.61. The second-order valence-electron chi connectivity index (χ2n) is 5.78. The average molecular weight is 329 g/mol. The van der Waals surface area contributed by atoms with E-state index in [-0.39, 0.29) is 6.04 Å². The molecule has 1 heterocycles. The smallest absolute Gasteiger partial charge is 0.136 e. The second kappa shape index (κ2) is 7.45. The summed E-state index contributed by atoms with van der Waals surface area (Å²) < 4.78 is 0. The van der Waals surface area contributed by atoms with E-state index in [1.807, 2.05) is 43.3 Å². The van der Waals surface area contributed by atoms with Gasteiger partial charge in [-0.1, -0.05) is 36.4 Å². The average Bonchev–Trinajstić information content (AvgIpc) is 2.62. The summed E-state index contributed by atoms with van der Waals surface area (Å²) in [6.07, 6.45) is 0. The first-order chi connectivity index (χ1) is 12.1. The molecule has 1 atom stereocenters. The summed E-state index contributed by atoms with van der Waals surface area (Å²) in [5.74, 6) is 2.11. The van der Waals surface area contributed by atoms with Crippen molar-refractivity contribution in [2.24, 2.45) is 0 Å². The highest BCUT2D eigenvalue weighted by molar-refractivity contribution is 5.61. The third kappa shape index (κ3) is 4.33. The van der Waals surface area contributed by atoms with E-state index in [2.05, 4.69) is 45.7 Å². The number of aromatic nitrogens is 2. The number of nitrogens with one attached hydrogen (secondary N) is 2. The molecule has 0 bridgehead atoms. The summed E-state index contributed by atoms with van der Waals surface area (Å²) in [7, 11) is 0. The van der Waals surface area contributed by atoms with E-state index in [4.69, 9.17) is 5.26 Å². The van der Waals surface area contributed by atoms with E-state index in [0.29, 0.717) is 17.2 Å². The molecule has 0 spiro atoms. The van der Waals surface area contributed by atoms with Crippen LogP contribution in [0.5, 0.6) is 0 Å². The first kappa shape index (κ1) is 16.5. The van der Waals surface area contributed by atoms with Crippen LogP contribution in [-0.4, -0.2) is 9.97 Å². The molecule has 25 heavy (non-hydrogen) atoms. The second-order valence-corrected chi connectivity index (χ2v) is 5.78. The lowest BCUT2D eigenvalue weighted by molar-refractivity contribution is 0.867. The van der Waals surface area contributed by atoms with Crippen molar-refractivity contribution in [3.05, 3.63) is 77.6 Å². The number of aryl methyl sites for hydroxylation is 1. The van der Waals surface area contributed by atoms with Crippen LogP contribution in [0.3, 0.4) is 0 Å². The lowest BCUT2D eigenvalue weighted by atomic mass is 10.1. The maximum Gasteiger partial charge on any atom is 0.136 e. The van der Waals surface area contributed by atoms with Crippen LogP contribution >= 0.6 is 0 Å². The summed E-state index contributed by atoms with van der Waals surface area (Å²) >= 11 is 0. The molecule has 124 valence electrons. The third-order valence-corrected chi connectivity index (χ3v) is 3.77. The number of nitriles is 1. The highest BCUT2D eigenvalue weighted by Crippen LogP contribution is 2.22. The summed E-state index contributed by atoms with van der Waals surface area (Å²) in [4.78, 5) is 8.88. The lowest BCUT2D eigenvalue weighted by Gasteiger charge is -2.16. The predicted octanol–water partition coefficient (Wildman–Crippen LogP) is 4.57. The van der Waals surface area contributed by atoms with Gasteiger partial charge >= 0.3 is 0 Å². The van der Waals surface area contributed by atoms with Gasteiger partial charge in [-0.3, -0.25) is 0 Å². The van der Waals surface area contributed by atoms with E-state index in [1.54, 1.807) is 12.1 Å². The maximum atomic E-state index is 9.01. The molecule has 0 saturated heterocycles. The van der Waals surface area contributed by atoms with Gasteiger partial charge in [0, 0.05) is 17.8 Å². The van der Waals surface area contributed by atoms with Crippen molar-refractivity contribution in [2.75, 3.05) is 10.6 Å². The number of nitrogens with zero attached hydrogens (tertiary/aromatic N) is 3. The zero-order chi connectivity index (χ0) is 17.6. The van der Waals surface area contributed by atoms with Crippen molar-refractivity contribution in [1.29, 1.82) is 5.26 Å². The van der Waals surface area contributed by atoms with Gasteiger partial charge in [0.05, 0.1) is 11.6 Å². The van der Waals surface area contributed by atoms with Gasteiger partial charge in [0.1, 0.15) is 17.5 Å². The Kier molecular flexibility index (Phi) is 4.91. The molecule has 0 aliphatic rings. The van der Waals surface area contributed by atoms with E-state index >= 15 is 0 Å². The van der Waals surface area contributed by atoms with Gasteiger partial charge in [-0.25, -0.2) is 9.97 Å². The van der Waals surface area contributed by atoms with Gasteiger partial charge in [0.15, 0.2) is 0 Å². The number of benzene rings is 2. The van der Waals surface area contributed by atoms with Crippen LogP contribution in [0.25, 0.3) is 0 Å². The van der Waals surface area contributed by atoms with E-state index in [9.17, 15) is 0 Å². The zero-order valence-corrected chi connectivity index (χ0v) is 14.2. The molecule has 0 aliphatic carbocycles. The van der Waals surface area contributed by atoms with Crippen LogP contribution < -0.4 is 10.6 Å². The molecule has 0 aliphatic heterocycles. The fraction of sp³-hybridized carbons (Fsp3) is 0.150. The lowest BCUT2D eigenvalue weighted by Crippen LogP contribution is -2.09. The van der Waals surface area contributed by atoms with Crippen LogP contribution in [0.4, 0.5) is 17.3 Å². The Morgan fingerprint density at radius 1 is 0.960 bits per heavy atom. The number of hydrogen-bond acceptors (Lipinski definition) is 5. The molecule has 2 aromatic carbocycles. The van der Waals surface area contributed by atoms with Crippen molar-refractivity contribution in [3.8, 4) is 6.07 Å². The van der Waals surface area contributed by atoms with E-state index in [1.165, 1.54) is 5.56 Å². The molecule has 2 N–H and O–H groups in total. The van der Waals surface area contributed by atoms with Crippen molar-refractivity contribution in [2.45, 2.75) is 19.9 Å². The van der Waals surface area contributed by atoms with E-state index < -0.39 is 0 Å². The highest BCUT2D eigenvalue weighted by Gasteiger charge is 2.08. The topological polar surface area (TPSA) is 73.6 Å². The minimum Gasteiger partial charge on any atom is -0.363 e. The predicted molar refractivity (Wildman–Crippen MR) is 99.7 cm³/mol. The van der Waals surface area contributed by atoms with E-state index in [0.717, 1.165) is 11.5 Å². The monoisotopic (exact) mass is 329 g/mol. The molecule has 0 fully saturated rings. The summed E-state index contributed by atoms with van der Waals surface area (Å²) in [6.45, 7) is 3.95. The normalized spacial score (nSPS) is 11.4. The fourth-order valence-electron chi connectivity index (χ4n) is 2.57. The molecule has 5 heteroatoms. The summed E-state index contributed by atoms with van der Waals surface area (Å²) in [6, 6.07) is 21.6. The van der Waals surface area contributed by atoms with Crippen LogP contribution in [0.1, 0.15) is 29.9 Å². The van der Waals surface area contributed by atoms with Crippen LogP contribution in [0.15, 0.2) is 60.7 Å². The molecule has 0 amide bonds. The van der Waals surface area contributed by atoms with Crippen LogP contribution in [0, 0.1) is 18.3 Å². The Labute approximate surface area is 147 Å². The molecule has 3 aromatic rings. The van der Waals surface area contributed by atoms with Crippen molar-refractivity contribution in [3.63, 3.8) is 0 Å². The largest absolute Gasteiger partial charge is 0.363 e. The maximum absolute atomic E-state index is 9.01. The van der Waals surface area contributed by atoms with Gasteiger partial charge in [-0.2, -0.15) is 5.26 Å². The van der Waals surface area contributed by atoms with Crippen molar-refractivity contribution in [1.82, 2.24) is 9.97 Å². The van der Waals surface area contributed by atoms with Gasteiger partial charge in [0.25, 0.3) is 0 Å². The van der Waals surface area contributed by atoms with Crippen molar-refractivity contribution < 1.29 is 0 Å². The first-order valence-corrected chi connectivity index (χ1v) is 8.08. The van der Waals surface area contributed by atoms with Gasteiger partial charge in [-0.05, 0) is 37.6 Å².